The van der Waals surface area contributed by atoms with E-state index in [9.17, 15) is 4.79 Å². The van der Waals surface area contributed by atoms with Gasteiger partial charge < -0.3 is 23.8 Å². The Morgan fingerprint density at radius 3 is 2.09 bits per heavy atom. The van der Waals surface area contributed by atoms with Crippen molar-refractivity contribution < 1.29 is 23.3 Å². The van der Waals surface area contributed by atoms with Gasteiger partial charge in [0.05, 0.1) is 19.8 Å². The lowest BCUT2D eigenvalue weighted by molar-refractivity contribution is -0.148. The van der Waals surface area contributed by atoms with Gasteiger partial charge in [-0.1, -0.05) is 42.5 Å². The number of hydrogen-bond donors (Lipinski definition) is 1. The maximum absolute atomic E-state index is 12.4. The Balaban J connectivity index is 0.00000265. The van der Waals surface area contributed by atoms with Crippen molar-refractivity contribution in [1.29, 1.82) is 0 Å². The van der Waals surface area contributed by atoms with Gasteiger partial charge in [-0.15, -0.1) is 12.8 Å². The van der Waals surface area contributed by atoms with Crippen LogP contribution in [0, 0.1) is 12.8 Å². The molecule has 0 aliphatic rings. The van der Waals surface area contributed by atoms with E-state index in [0.717, 1.165) is 13.0 Å². The van der Waals surface area contributed by atoms with Gasteiger partial charge in [0, 0.05) is 6.04 Å². The molecule has 0 saturated carbocycles. The van der Waals surface area contributed by atoms with E-state index in [0.29, 0.717) is 25.0 Å². The summed E-state index contributed by atoms with van der Waals surface area (Å²) in [6.07, 6.45) is 8.89. The van der Waals surface area contributed by atoms with Crippen LogP contribution >= 0.6 is 8.38 Å². The van der Waals surface area contributed by atoms with Crippen molar-refractivity contribution in [2.45, 2.75) is 46.0 Å². The molecule has 0 aliphatic carbocycles. The fourth-order valence-electron chi connectivity index (χ4n) is 2.97. The van der Waals surface area contributed by atoms with Crippen LogP contribution in [0.2, 0.25) is 0 Å². The molecule has 0 spiro atoms. The summed E-state index contributed by atoms with van der Waals surface area (Å²) in [6.45, 7) is 9.64. The molecular formula is C26H36NO5P. The molecule has 0 bridgehead atoms. The van der Waals surface area contributed by atoms with Gasteiger partial charge in [0.25, 0.3) is 5.85 Å². The summed E-state index contributed by atoms with van der Waals surface area (Å²) in [5, 5.41) is 3.54. The zero-order chi connectivity index (χ0) is 24.5. The standard InChI is InChI=1S/C24H34NO5P.C2H2/c1-5-27-23(26)24(31(28-6-2)29-7-3)30-22-15-13-20(14-16-22)17-18-25-19(4)21-11-9-8-10-12-21;1-2/h8-16,19,24-25H,5-7,17-18H2,1-4H3;1-2H/t19-,24?;/m1./s1. The van der Waals surface area contributed by atoms with Crippen LogP contribution in [0.4, 0.5) is 0 Å². The van der Waals surface area contributed by atoms with Crippen molar-refractivity contribution in [3.63, 3.8) is 0 Å². The first-order chi connectivity index (χ1) is 16.1. The molecule has 7 heteroatoms. The van der Waals surface area contributed by atoms with Crippen molar-refractivity contribution in [1.82, 2.24) is 5.32 Å². The van der Waals surface area contributed by atoms with Gasteiger partial charge in [-0.05, 0) is 63.9 Å². The van der Waals surface area contributed by atoms with Crippen LogP contribution in [-0.4, -0.2) is 38.2 Å². The largest absolute Gasteiger partial charge is 0.469 e. The monoisotopic (exact) mass is 473 g/mol. The Morgan fingerprint density at radius 2 is 1.55 bits per heavy atom. The van der Waals surface area contributed by atoms with Crippen LogP contribution in [0.25, 0.3) is 0 Å². The molecule has 0 aromatic heterocycles. The summed E-state index contributed by atoms with van der Waals surface area (Å²) in [5.74, 6) is -0.813. The first-order valence-corrected chi connectivity index (χ1v) is 12.4. The molecule has 33 heavy (non-hydrogen) atoms. The molecule has 0 saturated heterocycles. The summed E-state index contributed by atoms with van der Waals surface area (Å²) < 4.78 is 22.4. The molecule has 1 N–H and O–H groups in total. The van der Waals surface area contributed by atoms with Gasteiger partial charge in [-0.25, -0.2) is 4.79 Å². The maximum Gasteiger partial charge on any atom is 0.356 e. The molecule has 6 nitrogen and oxygen atoms in total. The Kier molecular flexibility index (Phi) is 14.8. The second-order valence-electron chi connectivity index (χ2n) is 6.82. The topological polar surface area (TPSA) is 66.0 Å². The molecular weight excluding hydrogens is 437 g/mol. The highest BCUT2D eigenvalue weighted by Crippen LogP contribution is 2.45. The zero-order valence-electron chi connectivity index (χ0n) is 20.0. The number of ether oxygens (including phenoxy) is 2. The smallest absolute Gasteiger partial charge is 0.356 e. The summed E-state index contributed by atoms with van der Waals surface area (Å²) in [6, 6.07) is 18.4. The average Bonchev–Trinajstić information content (AvgIpc) is 2.85. The van der Waals surface area contributed by atoms with Crippen molar-refractivity contribution in [2.75, 3.05) is 26.4 Å². The Labute approximate surface area is 199 Å². The predicted octanol–water partition coefficient (Wildman–Crippen LogP) is 5.48. The van der Waals surface area contributed by atoms with Crippen LogP contribution in [0.1, 0.15) is 44.9 Å². The Bertz CT molecular complexity index is 791. The number of hydrogen-bond acceptors (Lipinski definition) is 6. The van der Waals surface area contributed by atoms with Gasteiger partial charge in [0.1, 0.15) is 5.75 Å². The van der Waals surface area contributed by atoms with E-state index in [1.807, 2.05) is 44.2 Å². The van der Waals surface area contributed by atoms with Gasteiger partial charge >= 0.3 is 5.97 Å². The second kappa shape index (κ2) is 17.1. The fraction of sp³-hybridized carbons (Fsp3) is 0.423. The van der Waals surface area contributed by atoms with Gasteiger partial charge in [-0.3, -0.25) is 0 Å². The van der Waals surface area contributed by atoms with E-state index in [1.165, 1.54) is 11.1 Å². The minimum Gasteiger partial charge on any atom is -0.469 e. The number of benzene rings is 2. The molecule has 2 aromatic rings. The summed E-state index contributed by atoms with van der Waals surface area (Å²) in [7, 11) is -1.55. The lowest BCUT2D eigenvalue weighted by Crippen LogP contribution is -2.29. The van der Waals surface area contributed by atoms with Crippen molar-refractivity contribution in [3.05, 3.63) is 65.7 Å². The minimum absolute atomic E-state index is 0.271. The van der Waals surface area contributed by atoms with Gasteiger partial charge in [0.15, 0.2) is 0 Å². The summed E-state index contributed by atoms with van der Waals surface area (Å²) >= 11 is 0. The van der Waals surface area contributed by atoms with E-state index in [1.54, 1.807) is 6.92 Å². The van der Waals surface area contributed by atoms with Crippen LogP contribution in [0.15, 0.2) is 54.6 Å². The number of carbonyl (C=O) groups is 1. The third-order valence-electron chi connectivity index (χ3n) is 4.53. The van der Waals surface area contributed by atoms with Gasteiger partial charge in [0.2, 0.25) is 8.38 Å². The quantitative estimate of drug-likeness (QED) is 0.223. The highest BCUT2D eigenvalue weighted by Gasteiger charge is 2.34. The molecule has 0 fully saturated rings. The minimum atomic E-state index is -1.55. The third-order valence-corrected chi connectivity index (χ3v) is 6.25. The number of nitrogens with one attached hydrogen (secondary N) is 1. The van der Waals surface area contributed by atoms with Crippen LogP contribution < -0.4 is 10.1 Å². The Morgan fingerprint density at radius 1 is 0.939 bits per heavy atom. The SMILES string of the molecule is C#C.CCOC(=O)C(Oc1ccc(CCN[C@H](C)c2ccccc2)cc1)P(OCC)OCC. The van der Waals surface area contributed by atoms with Crippen LogP contribution in [-0.2, 0) is 25.0 Å². The summed E-state index contributed by atoms with van der Waals surface area (Å²) in [4.78, 5) is 12.4. The fourth-order valence-corrected chi connectivity index (χ4v) is 4.28. The maximum atomic E-state index is 12.4. The van der Waals surface area contributed by atoms with Crippen LogP contribution in [0.5, 0.6) is 5.75 Å². The number of terminal acetylenes is 1. The predicted molar refractivity (Wildman–Crippen MR) is 134 cm³/mol. The normalized spacial score (nSPS) is 12.3. The number of carbonyl (C=O) groups excluding carboxylic acids is 1. The molecule has 180 valence electrons. The number of rotatable bonds is 14. The first-order valence-electron chi connectivity index (χ1n) is 11.2. The lowest BCUT2D eigenvalue weighted by Gasteiger charge is -2.24. The Hall–Kier alpha value is -2.42. The summed E-state index contributed by atoms with van der Waals surface area (Å²) in [5.41, 5.74) is 2.46. The van der Waals surface area contributed by atoms with Crippen molar-refractivity contribution in [3.8, 4) is 18.6 Å². The second-order valence-corrected chi connectivity index (χ2v) is 8.38. The third kappa shape index (κ3) is 10.4. The van der Waals surface area contributed by atoms with Crippen molar-refractivity contribution in [2.24, 2.45) is 0 Å². The highest BCUT2D eigenvalue weighted by molar-refractivity contribution is 7.49. The zero-order valence-corrected chi connectivity index (χ0v) is 20.9. The molecule has 0 aliphatic heterocycles. The molecule has 0 radical (unpaired) electrons. The lowest BCUT2D eigenvalue weighted by atomic mass is 10.1. The number of esters is 1. The van der Waals surface area contributed by atoms with E-state index in [4.69, 9.17) is 18.5 Å². The molecule has 2 atom stereocenters. The van der Waals surface area contributed by atoms with Crippen molar-refractivity contribution >= 4 is 14.3 Å². The average molecular weight is 474 g/mol. The van der Waals surface area contributed by atoms with Crippen LogP contribution in [0.3, 0.4) is 0 Å². The van der Waals surface area contributed by atoms with Gasteiger partial charge in [-0.2, -0.15) is 0 Å². The van der Waals surface area contributed by atoms with E-state index < -0.39 is 20.2 Å². The molecule has 0 amide bonds. The molecule has 2 aromatic carbocycles. The molecule has 2 rings (SSSR count). The van der Waals surface area contributed by atoms with E-state index >= 15 is 0 Å². The first kappa shape index (κ1) is 28.6. The molecule has 1 unspecified atom stereocenters. The molecule has 0 heterocycles. The highest BCUT2D eigenvalue weighted by atomic mass is 31.2. The van der Waals surface area contributed by atoms with E-state index in [2.05, 4.69) is 49.4 Å². The van der Waals surface area contributed by atoms with E-state index in [-0.39, 0.29) is 6.61 Å².